The van der Waals surface area contributed by atoms with Gasteiger partial charge >= 0.3 is 24.1 Å². The number of allylic oxidation sites excluding steroid dienone is 1. The summed E-state index contributed by atoms with van der Waals surface area (Å²) in [5.41, 5.74) is -3.97. The van der Waals surface area contributed by atoms with Crippen LogP contribution >= 0.6 is 0 Å². The number of amides is 4. The van der Waals surface area contributed by atoms with E-state index in [1.807, 2.05) is 6.08 Å². The summed E-state index contributed by atoms with van der Waals surface area (Å²) < 4.78 is 22.3. The topological polar surface area (TPSA) is 201 Å². The predicted octanol–water partition coefficient (Wildman–Crippen LogP) is 5.22. The van der Waals surface area contributed by atoms with Gasteiger partial charge in [0.25, 0.3) is 11.6 Å². The molecule has 3 aliphatic rings. The van der Waals surface area contributed by atoms with E-state index in [9.17, 15) is 38.9 Å². The first kappa shape index (κ1) is 40.7. The Balaban J connectivity index is 1.78. The molecular formula is C37H50N4O12. The molecule has 5 atom stereocenters. The summed E-state index contributed by atoms with van der Waals surface area (Å²) in [7, 11) is 0. The highest BCUT2D eigenvalue weighted by Gasteiger charge is 2.69. The van der Waals surface area contributed by atoms with E-state index in [-0.39, 0.29) is 43.7 Å². The molecule has 0 spiro atoms. The molecule has 1 N–H and O–H groups in total. The lowest BCUT2D eigenvalue weighted by Gasteiger charge is -2.35. The van der Waals surface area contributed by atoms with Crippen LogP contribution in [0.2, 0.25) is 0 Å². The Hall–Kier alpha value is -5.02. The van der Waals surface area contributed by atoms with Gasteiger partial charge in [0, 0.05) is 24.5 Å². The number of hydrogen-bond donors (Lipinski definition) is 1. The zero-order valence-electron chi connectivity index (χ0n) is 31.4. The number of nitrogens with zero attached hydrogens (tertiary/aromatic N) is 3. The first-order valence-electron chi connectivity index (χ1n) is 17.9. The van der Waals surface area contributed by atoms with Gasteiger partial charge in [-0.05, 0) is 86.3 Å². The minimum absolute atomic E-state index is 0.00793. The van der Waals surface area contributed by atoms with Gasteiger partial charge in [-0.25, -0.2) is 24.1 Å². The van der Waals surface area contributed by atoms with Gasteiger partial charge in [0.05, 0.1) is 23.6 Å². The van der Waals surface area contributed by atoms with E-state index < -0.39 is 81.7 Å². The molecule has 2 aliphatic heterocycles. The van der Waals surface area contributed by atoms with Crippen LogP contribution in [0.25, 0.3) is 0 Å². The van der Waals surface area contributed by atoms with E-state index in [1.165, 1.54) is 12.1 Å². The number of fused-ring (bicyclic) bond motifs is 2. The van der Waals surface area contributed by atoms with Crippen LogP contribution in [0.15, 0.2) is 36.4 Å². The molecule has 2 fully saturated rings. The maximum atomic E-state index is 14.9. The Morgan fingerprint density at radius 2 is 1.62 bits per heavy atom. The summed E-state index contributed by atoms with van der Waals surface area (Å²) in [4.78, 5) is 95.8. The standard InChI is InChI=1S/C37H50N4O12/c1-8-50-32(45)37-21-24(37)14-12-10-9-11-13-15-27(38-33(46)52-35(2,3)4)29(42)39-22-26(51-31(44)23-16-18-25(19-17-23)41(48)49)20-28(39)30(43)40(37)34(47)53-36(5,6)7/h12,14,16-19,24,26-28H,8-11,13,15,20-22H2,1-7H3,(H,38,46)/t24?,26-,27+,28+,37-/m1/s1. The fourth-order valence-electron chi connectivity index (χ4n) is 6.50. The van der Waals surface area contributed by atoms with Crippen LogP contribution in [0, 0.1) is 16.0 Å². The second-order valence-electron chi connectivity index (χ2n) is 15.4. The summed E-state index contributed by atoms with van der Waals surface area (Å²) in [5.74, 6) is -3.89. The number of carbonyl (C=O) groups is 6. The first-order valence-corrected chi connectivity index (χ1v) is 17.9. The number of carbonyl (C=O) groups excluding carboxylic acids is 6. The Bertz CT molecular complexity index is 1610. The van der Waals surface area contributed by atoms with Crippen molar-refractivity contribution in [2.75, 3.05) is 13.2 Å². The number of ether oxygens (including phenoxy) is 4. The molecule has 1 unspecified atom stereocenters. The highest BCUT2D eigenvalue weighted by molar-refractivity contribution is 6.05. The minimum atomic E-state index is -1.76. The van der Waals surface area contributed by atoms with Crippen molar-refractivity contribution in [3.8, 4) is 0 Å². The Kier molecular flexibility index (Phi) is 12.6. The normalized spacial score (nSPS) is 25.2. The largest absolute Gasteiger partial charge is 0.464 e. The highest BCUT2D eigenvalue weighted by Crippen LogP contribution is 2.52. The van der Waals surface area contributed by atoms with Crippen LogP contribution in [0.3, 0.4) is 0 Å². The van der Waals surface area contributed by atoms with Gasteiger partial charge in [0.2, 0.25) is 5.91 Å². The van der Waals surface area contributed by atoms with Gasteiger partial charge in [0.1, 0.15) is 29.4 Å². The summed E-state index contributed by atoms with van der Waals surface area (Å²) in [6.07, 6.45) is 3.19. The number of nitrogens with one attached hydrogen (secondary N) is 1. The third-order valence-electron chi connectivity index (χ3n) is 8.95. The lowest BCUT2D eigenvalue weighted by Crippen LogP contribution is -2.60. The van der Waals surface area contributed by atoms with Crippen LogP contribution in [0.4, 0.5) is 15.3 Å². The maximum Gasteiger partial charge on any atom is 0.418 e. The van der Waals surface area contributed by atoms with Crippen molar-refractivity contribution >= 4 is 41.6 Å². The van der Waals surface area contributed by atoms with Gasteiger partial charge < -0.3 is 29.2 Å². The molecule has 0 bridgehead atoms. The van der Waals surface area contributed by atoms with E-state index in [0.717, 1.165) is 28.4 Å². The van der Waals surface area contributed by atoms with E-state index >= 15 is 0 Å². The molecule has 1 aliphatic carbocycles. The average Bonchev–Trinajstić information content (AvgIpc) is 3.61. The Morgan fingerprint density at radius 3 is 2.23 bits per heavy atom. The van der Waals surface area contributed by atoms with Crippen LogP contribution in [0.1, 0.15) is 104 Å². The van der Waals surface area contributed by atoms with Gasteiger partial charge in [-0.15, -0.1) is 0 Å². The fraction of sp³-hybridized carbons (Fsp3) is 0.622. The lowest BCUT2D eigenvalue weighted by molar-refractivity contribution is -0.384. The van der Waals surface area contributed by atoms with Gasteiger partial charge in [0.15, 0.2) is 5.54 Å². The molecule has 4 amide bonds. The number of benzene rings is 1. The van der Waals surface area contributed by atoms with Crippen LogP contribution in [-0.4, -0.2) is 98.7 Å². The molecular weight excluding hydrogens is 692 g/mol. The lowest BCUT2D eigenvalue weighted by atomic mass is 10.0. The molecule has 16 heteroatoms. The second kappa shape index (κ2) is 16.3. The molecule has 1 saturated heterocycles. The van der Waals surface area contributed by atoms with Crippen molar-refractivity contribution in [1.82, 2.24) is 15.1 Å². The average molecular weight is 743 g/mol. The molecule has 1 saturated carbocycles. The van der Waals surface area contributed by atoms with Crippen molar-refractivity contribution in [3.05, 3.63) is 52.1 Å². The fourth-order valence-corrected chi connectivity index (χ4v) is 6.50. The molecule has 4 rings (SSSR count). The van der Waals surface area contributed by atoms with Gasteiger partial charge in [-0.3, -0.25) is 19.7 Å². The number of alkyl carbamates (subject to hydrolysis) is 1. The van der Waals surface area contributed by atoms with E-state index in [2.05, 4.69) is 5.32 Å². The van der Waals surface area contributed by atoms with Crippen molar-refractivity contribution in [1.29, 1.82) is 0 Å². The molecule has 0 radical (unpaired) electrons. The van der Waals surface area contributed by atoms with Crippen LogP contribution in [-0.2, 0) is 33.3 Å². The molecule has 53 heavy (non-hydrogen) atoms. The molecule has 1 aromatic carbocycles. The number of nitro groups is 1. The van der Waals surface area contributed by atoms with Crippen molar-refractivity contribution in [2.24, 2.45) is 5.92 Å². The van der Waals surface area contributed by atoms with Crippen molar-refractivity contribution in [3.63, 3.8) is 0 Å². The van der Waals surface area contributed by atoms with E-state index in [1.54, 1.807) is 54.5 Å². The quantitative estimate of drug-likeness (QED) is 0.131. The molecule has 290 valence electrons. The summed E-state index contributed by atoms with van der Waals surface area (Å²) >= 11 is 0. The van der Waals surface area contributed by atoms with Crippen LogP contribution in [0.5, 0.6) is 0 Å². The maximum absolute atomic E-state index is 14.9. The predicted molar refractivity (Wildman–Crippen MR) is 188 cm³/mol. The first-order chi connectivity index (χ1) is 24.8. The van der Waals surface area contributed by atoms with Crippen molar-refractivity contribution in [2.45, 2.75) is 128 Å². The van der Waals surface area contributed by atoms with Crippen molar-refractivity contribution < 1.29 is 52.6 Å². The van der Waals surface area contributed by atoms with E-state index in [4.69, 9.17) is 18.9 Å². The smallest absolute Gasteiger partial charge is 0.418 e. The number of esters is 2. The third-order valence-corrected chi connectivity index (χ3v) is 8.95. The summed E-state index contributed by atoms with van der Waals surface area (Å²) in [6.45, 7) is 11.1. The molecule has 0 aromatic heterocycles. The van der Waals surface area contributed by atoms with Gasteiger partial charge in [-0.2, -0.15) is 0 Å². The number of hydrogen-bond acceptors (Lipinski definition) is 12. The highest BCUT2D eigenvalue weighted by atomic mass is 16.6. The minimum Gasteiger partial charge on any atom is -0.464 e. The summed E-state index contributed by atoms with van der Waals surface area (Å²) in [6, 6.07) is 2.12. The number of imide groups is 1. The van der Waals surface area contributed by atoms with Crippen LogP contribution < -0.4 is 5.32 Å². The Labute approximate surface area is 308 Å². The SMILES string of the molecule is CCOC(=O)[C@@]12CC1C=CCCCCC[C@H](NC(=O)OC(C)(C)C)C(=O)N1C[C@H](OC(=O)c3ccc([N+](=O)[O-])cc3)C[C@H]1C(=O)N2C(=O)OC(C)(C)C. The zero-order valence-corrected chi connectivity index (χ0v) is 31.4. The molecule has 2 heterocycles. The van der Waals surface area contributed by atoms with E-state index in [0.29, 0.717) is 19.3 Å². The second-order valence-corrected chi connectivity index (χ2v) is 15.4. The molecule has 16 nitrogen and oxygen atoms in total. The third kappa shape index (κ3) is 10.1. The number of non-ortho nitro benzene ring substituents is 1. The Morgan fingerprint density at radius 1 is 0.962 bits per heavy atom. The number of nitro benzene ring substituents is 1. The number of rotatable bonds is 6. The zero-order chi connectivity index (χ0) is 39.3. The monoisotopic (exact) mass is 742 g/mol. The summed E-state index contributed by atoms with van der Waals surface area (Å²) in [5, 5.41) is 13.8. The van der Waals surface area contributed by atoms with Gasteiger partial charge in [-0.1, -0.05) is 25.0 Å². The molecule has 1 aromatic rings.